The molecule has 4 heteroatoms. The Labute approximate surface area is 112 Å². The maximum absolute atomic E-state index is 13.0. The summed E-state index contributed by atoms with van der Waals surface area (Å²) in [6, 6.07) is 4.72. The van der Waals surface area contributed by atoms with Crippen LogP contribution in [0.25, 0.3) is 0 Å². The molecule has 2 fully saturated rings. The summed E-state index contributed by atoms with van der Waals surface area (Å²) in [6.07, 6.45) is 2.81. The molecule has 1 aromatic carbocycles. The summed E-state index contributed by atoms with van der Waals surface area (Å²) in [5, 5.41) is 3.21. The predicted octanol–water partition coefficient (Wildman–Crippen LogP) is 4.05. The highest BCUT2D eigenvalue weighted by molar-refractivity contribution is 5.58. The van der Waals surface area contributed by atoms with Crippen LogP contribution in [-0.4, -0.2) is 6.54 Å². The third-order valence-corrected chi connectivity index (χ3v) is 4.75. The van der Waals surface area contributed by atoms with Crippen molar-refractivity contribution in [3.8, 4) is 0 Å². The number of rotatable bonds is 4. The molecule has 0 heterocycles. The molecule has 0 radical (unpaired) electrons. The lowest BCUT2D eigenvalue weighted by molar-refractivity contribution is 0.152. The van der Waals surface area contributed by atoms with Crippen molar-refractivity contribution >= 4 is 11.4 Å². The summed E-state index contributed by atoms with van der Waals surface area (Å²) in [7, 11) is 0. The number of hydrogen-bond donors (Lipinski definition) is 2. The summed E-state index contributed by atoms with van der Waals surface area (Å²) >= 11 is 0. The minimum absolute atomic E-state index is 0.0168. The molecule has 2 bridgehead atoms. The van der Waals surface area contributed by atoms with Crippen LogP contribution >= 0.6 is 0 Å². The van der Waals surface area contributed by atoms with Gasteiger partial charge in [0.15, 0.2) is 0 Å². The molecule has 104 valence electrons. The van der Waals surface area contributed by atoms with Crippen LogP contribution in [-0.2, 0) is 0 Å². The maximum atomic E-state index is 13.0. The molecule has 0 amide bonds. The van der Waals surface area contributed by atoms with Gasteiger partial charge in [0, 0.05) is 23.5 Å². The Bertz CT molecular complexity index is 461. The van der Waals surface area contributed by atoms with Gasteiger partial charge in [-0.25, -0.2) is 8.78 Å². The van der Waals surface area contributed by atoms with Crippen molar-refractivity contribution in [2.24, 2.45) is 17.8 Å². The van der Waals surface area contributed by atoms with Crippen molar-refractivity contribution in [2.45, 2.75) is 32.1 Å². The van der Waals surface area contributed by atoms with E-state index in [2.05, 4.69) is 5.32 Å². The number of nitrogen functional groups attached to an aromatic ring is 1. The largest absolute Gasteiger partial charge is 0.399 e. The van der Waals surface area contributed by atoms with Gasteiger partial charge in [0.2, 0.25) is 0 Å². The van der Waals surface area contributed by atoms with Crippen LogP contribution in [0.5, 0.6) is 0 Å². The highest BCUT2D eigenvalue weighted by Gasteiger charge is 2.39. The van der Waals surface area contributed by atoms with Crippen molar-refractivity contribution < 1.29 is 8.78 Å². The molecule has 0 saturated heterocycles. The van der Waals surface area contributed by atoms with Crippen LogP contribution in [0.1, 0.15) is 37.7 Å². The van der Waals surface area contributed by atoms with Gasteiger partial charge in [0.25, 0.3) is 6.43 Å². The van der Waals surface area contributed by atoms with Crippen LogP contribution in [0.15, 0.2) is 18.2 Å². The molecule has 2 nitrogen and oxygen atoms in total. The highest BCUT2D eigenvalue weighted by Crippen LogP contribution is 2.48. The molecule has 2 aliphatic rings. The van der Waals surface area contributed by atoms with Crippen molar-refractivity contribution in [3.05, 3.63) is 23.8 Å². The minimum Gasteiger partial charge on any atom is -0.399 e. The zero-order chi connectivity index (χ0) is 13.4. The Morgan fingerprint density at radius 2 is 2.11 bits per heavy atom. The van der Waals surface area contributed by atoms with Crippen molar-refractivity contribution in [2.75, 3.05) is 17.6 Å². The Kier molecular flexibility index (Phi) is 3.33. The highest BCUT2D eigenvalue weighted by atomic mass is 19.3. The lowest BCUT2D eigenvalue weighted by Gasteiger charge is -2.23. The quantitative estimate of drug-likeness (QED) is 0.807. The molecule has 2 aliphatic carbocycles. The van der Waals surface area contributed by atoms with Gasteiger partial charge in [0.1, 0.15) is 0 Å². The third kappa shape index (κ3) is 2.53. The standard InChI is InChI=1S/C15H20F2N2/c16-15(17)13-7-12(18)3-4-14(13)19-8-11-6-9-1-2-10(11)5-9/h3-4,7,9-11,15,19H,1-2,5-6,8,18H2. The van der Waals surface area contributed by atoms with E-state index in [-0.39, 0.29) is 5.56 Å². The van der Waals surface area contributed by atoms with Crippen LogP contribution in [0.4, 0.5) is 20.2 Å². The molecular weight excluding hydrogens is 246 g/mol. The van der Waals surface area contributed by atoms with Gasteiger partial charge in [-0.05, 0) is 55.2 Å². The average molecular weight is 266 g/mol. The number of benzene rings is 1. The monoisotopic (exact) mass is 266 g/mol. The third-order valence-electron chi connectivity index (χ3n) is 4.75. The Morgan fingerprint density at radius 3 is 2.74 bits per heavy atom. The van der Waals surface area contributed by atoms with Gasteiger partial charge in [-0.3, -0.25) is 0 Å². The van der Waals surface area contributed by atoms with Gasteiger partial charge in [-0.1, -0.05) is 6.42 Å². The van der Waals surface area contributed by atoms with Crippen LogP contribution in [0.2, 0.25) is 0 Å². The van der Waals surface area contributed by atoms with E-state index in [0.29, 0.717) is 17.3 Å². The van der Waals surface area contributed by atoms with E-state index < -0.39 is 6.43 Å². The van der Waals surface area contributed by atoms with Crippen molar-refractivity contribution in [3.63, 3.8) is 0 Å². The van der Waals surface area contributed by atoms with Crippen molar-refractivity contribution in [1.29, 1.82) is 0 Å². The molecule has 19 heavy (non-hydrogen) atoms. The Balaban J connectivity index is 1.66. The molecule has 0 aromatic heterocycles. The summed E-state index contributed by atoms with van der Waals surface area (Å²) in [6.45, 7) is 0.810. The zero-order valence-electron chi connectivity index (χ0n) is 10.9. The molecule has 3 N–H and O–H groups in total. The van der Waals surface area contributed by atoms with Crippen LogP contribution in [0, 0.1) is 17.8 Å². The lowest BCUT2D eigenvalue weighted by atomic mass is 9.89. The average Bonchev–Trinajstić information content (AvgIpc) is 2.99. The van der Waals surface area contributed by atoms with E-state index in [4.69, 9.17) is 5.73 Å². The van der Waals surface area contributed by atoms with E-state index in [1.165, 1.54) is 31.7 Å². The van der Waals surface area contributed by atoms with Crippen molar-refractivity contribution in [1.82, 2.24) is 0 Å². The lowest BCUT2D eigenvalue weighted by Crippen LogP contribution is -2.20. The second kappa shape index (κ2) is 4.99. The fraction of sp³-hybridized carbons (Fsp3) is 0.600. The van der Waals surface area contributed by atoms with Crippen LogP contribution in [0.3, 0.4) is 0 Å². The molecule has 2 saturated carbocycles. The molecule has 3 rings (SSSR count). The summed E-state index contributed by atoms with van der Waals surface area (Å²) in [4.78, 5) is 0. The SMILES string of the molecule is Nc1ccc(NCC2CC3CCC2C3)c(C(F)F)c1. The van der Waals surface area contributed by atoms with Gasteiger partial charge in [-0.15, -0.1) is 0 Å². The number of nitrogens with two attached hydrogens (primary N) is 1. The number of fused-ring (bicyclic) bond motifs is 2. The zero-order valence-corrected chi connectivity index (χ0v) is 10.9. The second-order valence-corrected chi connectivity index (χ2v) is 5.96. The first-order chi connectivity index (χ1) is 9.13. The van der Waals surface area contributed by atoms with Crippen LogP contribution < -0.4 is 11.1 Å². The molecule has 1 aromatic rings. The summed E-state index contributed by atoms with van der Waals surface area (Å²) < 4.78 is 25.9. The Hall–Kier alpha value is -1.32. The molecule has 0 aliphatic heterocycles. The Morgan fingerprint density at radius 1 is 1.26 bits per heavy atom. The molecule has 3 unspecified atom stereocenters. The summed E-state index contributed by atoms with van der Waals surface area (Å²) in [5.74, 6) is 2.35. The number of hydrogen-bond acceptors (Lipinski definition) is 2. The normalized spacial score (nSPS) is 29.1. The molecule has 0 spiro atoms. The first-order valence-electron chi connectivity index (χ1n) is 7.05. The van der Waals surface area contributed by atoms with E-state index in [0.717, 1.165) is 18.4 Å². The number of halogens is 2. The van der Waals surface area contributed by atoms with Gasteiger partial charge >= 0.3 is 0 Å². The summed E-state index contributed by atoms with van der Waals surface area (Å²) in [5.41, 5.74) is 6.51. The van der Waals surface area contributed by atoms with Gasteiger partial charge in [-0.2, -0.15) is 0 Å². The topological polar surface area (TPSA) is 38.0 Å². The van der Waals surface area contributed by atoms with Gasteiger partial charge < -0.3 is 11.1 Å². The van der Waals surface area contributed by atoms with E-state index in [1.807, 2.05) is 0 Å². The maximum Gasteiger partial charge on any atom is 0.265 e. The first kappa shape index (κ1) is 12.7. The van der Waals surface area contributed by atoms with Gasteiger partial charge in [0.05, 0.1) is 0 Å². The van der Waals surface area contributed by atoms with E-state index in [9.17, 15) is 8.78 Å². The second-order valence-electron chi connectivity index (χ2n) is 5.96. The molecular formula is C15H20F2N2. The first-order valence-corrected chi connectivity index (χ1v) is 7.05. The fourth-order valence-electron chi connectivity index (χ4n) is 3.79. The van der Waals surface area contributed by atoms with E-state index >= 15 is 0 Å². The number of nitrogens with one attached hydrogen (secondary N) is 1. The van der Waals surface area contributed by atoms with E-state index in [1.54, 1.807) is 12.1 Å². The smallest absolute Gasteiger partial charge is 0.265 e. The minimum atomic E-state index is -2.48. The fourth-order valence-corrected chi connectivity index (χ4v) is 3.79. The predicted molar refractivity (Wildman–Crippen MR) is 73.2 cm³/mol. The number of alkyl halides is 2. The number of anilines is 2. The molecule has 3 atom stereocenters.